The highest BCUT2D eigenvalue weighted by Gasteiger charge is 2.33. The molecule has 0 spiro atoms. The number of hydrogen-bond acceptors (Lipinski definition) is 6. The molecule has 0 amide bonds. The largest absolute Gasteiger partial charge is 0.492 e. The SMILES string of the molecule is CCCc1nn(C)c2c(=O)n(CCOc3cccc(OC(C)(CC)C(=O)O)c3)c(C)nc12. The second-order valence-corrected chi connectivity index (χ2v) is 7.95. The van der Waals surface area contributed by atoms with Gasteiger partial charge in [-0.05, 0) is 38.8 Å². The zero-order valence-electron chi connectivity index (χ0n) is 19.2. The molecular formula is C23H30N4O5. The summed E-state index contributed by atoms with van der Waals surface area (Å²) in [4.78, 5) is 29.2. The first-order valence-corrected chi connectivity index (χ1v) is 10.8. The molecule has 0 aliphatic carbocycles. The summed E-state index contributed by atoms with van der Waals surface area (Å²) >= 11 is 0. The first-order chi connectivity index (χ1) is 15.2. The van der Waals surface area contributed by atoms with Crippen LogP contribution in [-0.4, -0.2) is 42.6 Å². The smallest absolute Gasteiger partial charge is 0.347 e. The van der Waals surface area contributed by atoms with Gasteiger partial charge in [-0.25, -0.2) is 9.78 Å². The zero-order chi connectivity index (χ0) is 23.5. The van der Waals surface area contributed by atoms with Crippen molar-refractivity contribution in [3.63, 3.8) is 0 Å². The molecule has 1 N–H and O–H groups in total. The number of benzene rings is 1. The first-order valence-electron chi connectivity index (χ1n) is 10.8. The number of carboxylic acids is 1. The van der Waals surface area contributed by atoms with Crippen molar-refractivity contribution in [2.24, 2.45) is 7.05 Å². The molecule has 1 atom stereocenters. The number of hydrogen-bond donors (Lipinski definition) is 1. The van der Waals surface area contributed by atoms with Crippen LogP contribution in [0.1, 0.15) is 45.1 Å². The lowest BCUT2D eigenvalue weighted by Gasteiger charge is -2.25. The van der Waals surface area contributed by atoms with E-state index in [1.165, 1.54) is 6.92 Å². The average molecular weight is 443 g/mol. The third-order valence-corrected chi connectivity index (χ3v) is 5.55. The molecule has 2 aromatic heterocycles. The molecule has 2 heterocycles. The number of carbonyl (C=O) groups is 1. The van der Waals surface area contributed by atoms with Crippen molar-refractivity contribution >= 4 is 17.0 Å². The number of fused-ring (bicyclic) bond motifs is 1. The highest BCUT2D eigenvalue weighted by Crippen LogP contribution is 2.25. The fraction of sp³-hybridized carbons (Fsp3) is 0.478. The van der Waals surface area contributed by atoms with E-state index >= 15 is 0 Å². The molecule has 0 bridgehead atoms. The van der Waals surface area contributed by atoms with Crippen molar-refractivity contribution in [2.75, 3.05) is 6.61 Å². The molecule has 9 nitrogen and oxygen atoms in total. The lowest BCUT2D eigenvalue weighted by atomic mass is 10.0. The van der Waals surface area contributed by atoms with E-state index in [0.29, 0.717) is 41.3 Å². The number of carboxylic acid groups (broad SMARTS) is 1. The van der Waals surface area contributed by atoms with Crippen LogP contribution in [0.5, 0.6) is 11.5 Å². The molecule has 0 fully saturated rings. The minimum absolute atomic E-state index is 0.147. The Bertz CT molecular complexity index is 1180. The number of aliphatic carboxylic acids is 1. The van der Waals surface area contributed by atoms with E-state index in [4.69, 9.17) is 9.47 Å². The van der Waals surface area contributed by atoms with Gasteiger partial charge in [0.2, 0.25) is 5.60 Å². The summed E-state index contributed by atoms with van der Waals surface area (Å²) in [5, 5.41) is 13.9. The summed E-state index contributed by atoms with van der Waals surface area (Å²) in [6, 6.07) is 6.82. The molecule has 172 valence electrons. The lowest BCUT2D eigenvalue weighted by Crippen LogP contribution is -2.40. The van der Waals surface area contributed by atoms with Gasteiger partial charge in [-0.2, -0.15) is 5.10 Å². The normalized spacial score (nSPS) is 13.2. The summed E-state index contributed by atoms with van der Waals surface area (Å²) in [5.74, 6) is 0.510. The van der Waals surface area contributed by atoms with Gasteiger partial charge in [0, 0.05) is 13.1 Å². The molecule has 1 unspecified atom stereocenters. The van der Waals surface area contributed by atoms with Gasteiger partial charge in [0.15, 0.2) is 5.52 Å². The van der Waals surface area contributed by atoms with Crippen LogP contribution in [-0.2, 0) is 24.8 Å². The summed E-state index contributed by atoms with van der Waals surface area (Å²) in [5.41, 5.74) is 0.527. The van der Waals surface area contributed by atoms with Crippen molar-refractivity contribution in [3.8, 4) is 11.5 Å². The second-order valence-electron chi connectivity index (χ2n) is 7.95. The van der Waals surface area contributed by atoms with Gasteiger partial charge in [0.1, 0.15) is 29.4 Å². The Balaban J connectivity index is 1.75. The predicted molar refractivity (Wildman–Crippen MR) is 120 cm³/mol. The highest BCUT2D eigenvalue weighted by atomic mass is 16.5. The zero-order valence-corrected chi connectivity index (χ0v) is 19.2. The van der Waals surface area contributed by atoms with Crippen molar-refractivity contribution in [2.45, 2.75) is 59.1 Å². The summed E-state index contributed by atoms with van der Waals surface area (Å²) < 4.78 is 14.7. The molecule has 0 aliphatic rings. The Labute approximate surface area is 186 Å². The van der Waals surface area contributed by atoms with Crippen molar-refractivity contribution in [3.05, 3.63) is 46.1 Å². The standard InChI is InChI=1S/C23H30N4O5/c1-6-9-18-19-20(26(5)25-18)21(28)27(15(3)24-19)12-13-31-16-10-8-11-17(14-16)32-23(4,7-2)22(29)30/h8,10-11,14H,6-7,9,12-13H2,1-5H3,(H,29,30). The second kappa shape index (κ2) is 9.42. The minimum atomic E-state index is -1.32. The Morgan fingerprint density at radius 1 is 1.25 bits per heavy atom. The van der Waals surface area contributed by atoms with Crippen LogP contribution in [0.15, 0.2) is 29.1 Å². The minimum Gasteiger partial charge on any atom is -0.492 e. The molecule has 3 rings (SSSR count). The Morgan fingerprint density at radius 2 is 1.97 bits per heavy atom. The van der Waals surface area contributed by atoms with Crippen LogP contribution in [0, 0.1) is 6.92 Å². The molecular weight excluding hydrogens is 412 g/mol. The van der Waals surface area contributed by atoms with E-state index in [-0.39, 0.29) is 12.2 Å². The van der Waals surface area contributed by atoms with E-state index in [9.17, 15) is 14.7 Å². The van der Waals surface area contributed by atoms with Gasteiger partial charge < -0.3 is 14.6 Å². The summed E-state index contributed by atoms with van der Waals surface area (Å²) in [6.45, 7) is 7.71. The van der Waals surface area contributed by atoms with E-state index in [1.807, 2.05) is 0 Å². The number of rotatable bonds is 10. The Morgan fingerprint density at radius 3 is 2.62 bits per heavy atom. The topological polar surface area (TPSA) is 108 Å². The predicted octanol–water partition coefficient (Wildman–Crippen LogP) is 3.10. The van der Waals surface area contributed by atoms with Crippen LogP contribution >= 0.6 is 0 Å². The van der Waals surface area contributed by atoms with E-state index in [0.717, 1.165) is 18.5 Å². The fourth-order valence-corrected chi connectivity index (χ4v) is 3.50. The summed E-state index contributed by atoms with van der Waals surface area (Å²) in [6.07, 6.45) is 2.02. The monoisotopic (exact) mass is 442 g/mol. The van der Waals surface area contributed by atoms with Gasteiger partial charge in [-0.15, -0.1) is 0 Å². The van der Waals surface area contributed by atoms with Crippen molar-refractivity contribution in [1.82, 2.24) is 19.3 Å². The number of aromatic nitrogens is 4. The third-order valence-electron chi connectivity index (χ3n) is 5.55. The van der Waals surface area contributed by atoms with Crippen molar-refractivity contribution in [1.29, 1.82) is 0 Å². The quantitative estimate of drug-likeness (QED) is 0.514. The van der Waals surface area contributed by atoms with Gasteiger partial charge in [0.05, 0.1) is 12.2 Å². The average Bonchev–Trinajstić information content (AvgIpc) is 3.05. The molecule has 0 aliphatic heterocycles. The highest BCUT2D eigenvalue weighted by molar-refractivity contribution is 5.77. The fourth-order valence-electron chi connectivity index (χ4n) is 3.50. The van der Waals surface area contributed by atoms with Gasteiger partial charge in [0.25, 0.3) is 5.56 Å². The molecule has 1 aromatic carbocycles. The summed E-state index contributed by atoms with van der Waals surface area (Å²) in [7, 11) is 1.76. The van der Waals surface area contributed by atoms with Gasteiger partial charge in [-0.1, -0.05) is 26.3 Å². The van der Waals surface area contributed by atoms with Crippen LogP contribution < -0.4 is 15.0 Å². The molecule has 0 radical (unpaired) electrons. The molecule has 3 aromatic rings. The Hall–Kier alpha value is -3.36. The van der Waals surface area contributed by atoms with Crippen molar-refractivity contribution < 1.29 is 19.4 Å². The van der Waals surface area contributed by atoms with Gasteiger partial charge >= 0.3 is 5.97 Å². The number of ether oxygens (including phenoxy) is 2. The van der Waals surface area contributed by atoms with E-state index in [1.54, 1.807) is 54.4 Å². The lowest BCUT2D eigenvalue weighted by molar-refractivity contribution is -0.154. The molecule has 32 heavy (non-hydrogen) atoms. The van der Waals surface area contributed by atoms with Crippen LogP contribution in [0.2, 0.25) is 0 Å². The third kappa shape index (κ3) is 4.61. The maximum absolute atomic E-state index is 13.1. The van der Waals surface area contributed by atoms with Crippen LogP contribution in [0.25, 0.3) is 11.0 Å². The maximum atomic E-state index is 13.1. The molecule has 0 saturated heterocycles. The first kappa shape index (κ1) is 23.3. The van der Waals surface area contributed by atoms with E-state index < -0.39 is 11.6 Å². The van der Waals surface area contributed by atoms with E-state index in [2.05, 4.69) is 17.0 Å². The Kier molecular flexibility index (Phi) is 6.86. The van der Waals surface area contributed by atoms with Crippen LogP contribution in [0.3, 0.4) is 0 Å². The van der Waals surface area contributed by atoms with Crippen LogP contribution in [0.4, 0.5) is 0 Å². The molecule has 9 heteroatoms. The molecule has 0 saturated carbocycles. The maximum Gasteiger partial charge on any atom is 0.347 e. The number of nitrogens with zero attached hydrogens (tertiary/aromatic N) is 4. The number of aryl methyl sites for hydroxylation is 3. The van der Waals surface area contributed by atoms with Gasteiger partial charge in [-0.3, -0.25) is 14.0 Å².